The number of carboxylic acids is 1. The van der Waals surface area contributed by atoms with Gasteiger partial charge in [-0.25, -0.2) is 9.78 Å². The van der Waals surface area contributed by atoms with Gasteiger partial charge in [-0.1, -0.05) is 0 Å². The predicted molar refractivity (Wildman–Crippen MR) is 67.4 cm³/mol. The summed E-state index contributed by atoms with van der Waals surface area (Å²) in [5, 5.41) is 22.4. The number of carbonyl (C=O) groups is 1. The van der Waals surface area contributed by atoms with E-state index in [9.17, 15) is 14.9 Å². The second-order valence-electron chi connectivity index (χ2n) is 4.47. The summed E-state index contributed by atoms with van der Waals surface area (Å²) in [6, 6.07) is 0.970. The van der Waals surface area contributed by atoms with Crippen LogP contribution in [0.3, 0.4) is 0 Å². The van der Waals surface area contributed by atoms with Gasteiger partial charge in [0.25, 0.3) is 0 Å². The zero-order valence-corrected chi connectivity index (χ0v) is 10.8. The molecule has 0 aromatic carbocycles. The smallest absolute Gasteiger partial charge is 0.337 e. The van der Waals surface area contributed by atoms with Crippen molar-refractivity contribution in [1.29, 1.82) is 0 Å². The van der Waals surface area contributed by atoms with Crippen molar-refractivity contribution in [2.45, 2.75) is 19.4 Å². The lowest BCUT2D eigenvalue weighted by Crippen LogP contribution is -2.32. The molecule has 0 saturated heterocycles. The molecule has 0 fully saturated rings. The normalized spacial score (nSPS) is 11.1. The van der Waals surface area contributed by atoms with E-state index in [1.54, 1.807) is 13.8 Å². The Bertz CT molecular complexity index is 501. The van der Waals surface area contributed by atoms with Gasteiger partial charge in [0.1, 0.15) is 0 Å². The van der Waals surface area contributed by atoms with Crippen molar-refractivity contribution in [1.82, 2.24) is 4.98 Å². The second kappa shape index (κ2) is 5.61. The molecular weight excluding hydrogens is 254 g/mol. The summed E-state index contributed by atoms with van der Waals surface area (Å²) in [5.74, 6) is -1.25. The van der Waals surface area contributed by atoms with Crippen molar-refractivity contribution < 1.29 is 19.6 Å². The maximum atomic E-state index is 10.9. The summed E-state index contributed by atoms with van der Waals surface area (Å²) < 4.78 is 5.17. The first-order valence-electron chi connectivity index (χ1n) is 5.43. The van der Waals surface area contributed by atoms with Crippen LogP contribution in [0.1, 0.15) is 24.2 Å². The summed E-state index contributed by atoms with van der Waals surface area (Å²) in [4.78, 5) is 24.7. The molecular formula is C11H15N3O5. The van der Waals surface area contributed by atoms with E-state index < -0.39 is 16.5 Å². The molecule has 0 aliphatic heterocycles. The van der Waals surface area contributed by atoms with Crippen molar-refractivity contribution in [2.24, 2.45) is 0 Å². The summed E-state index contributed by atoms with van der Waals surface area (Å²) in [7, 11) is 1.52. The van der Waals surface area contributed by atoms with Crippen LogP contribution in [0.2, 0.25) is 0 Å². The number of pyridine rings is 1. The zero-order chi connectivity index (χ0) is 14.6. The molecule has 1 aromatic rings. The summed E-state index contributed by atoms with van der Waals surface area (Å²) >= 11 is 0. The number of aromatic nitrogens is 1. The molecule has 0 unspecified atom stereocenters. The van der Waals surface area contributed by atoms with E-state index in [1.807, 2.05) is 0 Å². The maximum absolute atomic E-state index is 10.9. The molecule has 0 radical (unpaired) electrons. The predicted octanol–water partition coefficient (Wildman–Crippen LogP) is 1.52. The highest BCUT2D eigenvalue weighted by molar-refractivity contribution is 5.88. The molecule has 0 spiro atoms. The van der Waals surface area contributed by atoms with Gasteiger partial charge in [-0.2, -0.15) is 0 Å². The van der Waals surface area contributed by atoms with Crippen LogP contribution in [0, 0.1) is 10.1 Å². The van der Waals surface area contributed by atoms with Gasteiger partial charge >= 0.3 is 11.7 Å². The topological polar surface area (TPSA) is 115 Å². The monoisotopic (exact) mass is 269 g/mol. The number of nitrogens with zero attached hydrogens (tertiary/aromatic N) is 2. The van der Waals surface area contributed by atoms with Crippen molar-refractivity contribution in [2.75, 3.05) is 19.0 Å². The average Bonchev–Trinajstić information content (AvgIpc) is 2.36. The lowest BCUT2D eigenvalue weighted by Gasteiger charge is -2.23. The van der Waals surface area contributed by atoms with Crippen LogP contribution in [0.15, 0.2) is 12.3 Å². The van der Waals surface area contributed by atoms with Crippen molar-refractivity contribution >= 4 is 17.5 Å². The minimum absolute atomic E-state index is 0.0140. The molecule has 1 rings (SSSR count). The molecule has 8 nitrogen and oxygen atoms in total. The van der Waals surface area contributed by atoms with Crippen LogP contribution in [-0.4, -0.2) is 40.2 Å². The van der Waals surface area contributed by atoms with Crippen molar-refractivity contribution in [3.8, 4) is 0 Å². The first-order chi connectivity index (χ1) is 8.76. The third-order valence-corrected chi connectivity index (χ3v) is 2.55. The van der Waals surface area contributed by atoms with E-state index in [4.69, 9.17) is 9.84 Å². The highest BCUT2D eigenvalue weighted by Gasteiger charge is 2.22. The molecule has 19 heavy (non-hydrogen) atoms. The highest BCUT2D eigenvalue weighted by Crippen LogP contribution is 2.23. The van der Waals surface area contributed by atoms with Gasteiger partial charge < -0.3 is 15.2 Å². The molecule has 0 aliphatic carbocycles. The Morgan fingerprint density at radius 2 is 2.26 bits per heavy atom. The average molecular weight is 269 g/mol. The zero-order valence-electron chi connectivity index (χ0n) is 10.8. The van der Waals surface area contributed by atoms with E-state index in [0.29, 0.717) is 6.54 Å². The Morgan fingerprint density at radius 3 is 2.74 bits per heavy atom. The lowest BCUT2D eigenvalue weighted by atomic mass is 10.1. The molecule has 104 valence electrons. The standard InChI is InChI=1S/C11H15N3O5/c1-11(2,19-3)6-13-9-8(14(17)18)4-7(5-12-9)10(15)16/h4-5H,6H2,1-3H3,(H,12,13)(H,15,16). The van der Waals surface area contributed by atoms with E-state index in [1.165, 1.54) is 7.11 Å². The van der Waals surface area contributed by atoms with Crippen LogP contribution >= 0.6 is 0 Å². The summed E-state index contributed by atoms with van der Waals surface area (Å²) in [5.41, 5.74) is -1.14. The Balaban J connectivity index is 3.01. The highest BCUT2D eigenvalue weighted by atomic mass is 16.6. The molecule has 0 amide bonds. The van der Waals surface area contributed by atoms with Crippen LogP contribution in [0.25, 0.3) is 0 Å². The number of carboxylic acid groups (broad SMARTS) is 1. The van der Waals surface area contributed by atoms with Gasteiger partial charge in [-0.15, -0.1) is 0 Å². The number of methoxy groups -OCH3 is 1. The molecule has 0 aliphatic rings. The Morgan fingerprint density at radius 1 is 1.63 bits per heavy atom. The molecule has 0 saturated carbocycles. The van der Waals surface area contributed by atoms with E-state index in [0.717, 1.165) is 12.3 Å². The fraction of sp³-hybridized carbons (Fsp3) is 0.455. The third kappa shape index (κ3) is 3.88. The number of nitro groups is 1. The Labute approximate surface area is 109 Å². The van der Waals surface area contributed by atoms with Crippen LogP contribution in [-0.2, 0) is 4.74 Å². The first kappa shape index (κ1) is 14.8. The van der Waals surface area contributed by atoms with Gasteiger partial charge in [0, 0.05) is 25.9 Å². The Kier molecular flexibility index (Phi) is 4.38. The fourth-order valence-corrected chi connectivity index (χ4v) is 1.21. The number of anilines is 1. The number of hydrogen-bond donors (Lipinski definition) is 2. The lowest BCUT2D eigenvalue weighted by molar-refractivity contribution is -0.384. The van der Waals surface area contributed by atoms with Crippen LogP contribution in [0.5, 0.6) is 0 Å². The maximum Gasteiger partial charge on any atom is 0.337 e. The minimum Gasteiger partial charge on any atom is -0.478 e. The van der Waals surface area contributed by atoms with E-state index in [-0.39, 0.29) is 17.1 Å². The first-order valence-corrected chi connectivity index (χ1v) is 5.43. The van der Waals surface area contributed by atoms with Gasteiger partial charge in [-0.05, 0) is 13.8 Å². The van der Waals surface area contributed by atoms with Crippen LogP contribution < -0.4 is 5.32 Å². The molecule has 0 bridgehead atoms. The third-order valence-electron chi connectivity index (χ3n) is 2.55. The number of rotatable bonds is 6. The number of nitrogens with one attached hydrogen (secondary N) is 1. The molecule has 0 atom stereocenters. The van der Waals surface area contributed by atoms with Gasteiger partial charge in [0.2, 0.25) is 5.82 Å². The SMILES string of the molecule is COC(C)(C)CNc1ncc(C(=O)O)cc1[N+](=O)[O-]. The quantitative estimate of drug-likeness (QED) is 0.594. The second-order valence-corrected chi connectivity index (χ2v) is 4.47. The Hall–Kier alpha value is -2.22. The molecule has 1 heterocycles. The van der Waals surface area contributed by atoms with Crippen molar-refractivity contribution in [3.05, 3.63) is 27.9 Å². The van der Waals surface area contributed by atoms with Gasteiger partial charge in [0.15, 0.2) is 0 Å². The fourth-order valence-electron chi connectivity index (χ4n) is 1.21. The van der Waals surface area contributed by atoms with E-state index >= 15 is 0 Å². The van der Waals surface area contributed by atoms with Gasteiger partial charge in [0.05, 0.1) is 16.1 Å². The summed E-state index contributed by atoms with van der Waals surface area (Å²) in [6.45, 7) is 3.90. The summed E-state index contributed by atoms with van der Waals surface area (Å²) in [6.07, 6.45) is 1.07. The van der Waals surface area contributed by atoms with Gasteiger partial charge in [-0.3, -0.25) is 10.1 Å². The molecule has 1 aromatic heterocycles. The number of aromatic carboxylic acids is 1. The van der Waals surface area contributed by atoms with Crippen LogP contribution in [0.4, 0.5) is 11.5 Å². The number of hydrogen-bond acceptors (Lipinski definition) is 6. The largest absolute Gasteiger partial charge is 0.478 e. The van der Waals surface area contributed by atoms with Crippen molar-refractivity contribution in [3.63, 3.8) is 0 Å². The number of ether oxygens (including phenoxy) is 1. The molecule has 8 heteroatoms. The molecule has 2 N–H and O–H groups in total. The minimum atomic E-state index is -1.26. The van der Waals surface area contributed by atoms with E-state index in [2.05, 4.69) is 10.3 Å².